The summed E-state index contributed by atoms with van der Waals surface area (Å²) < 4.78 is 31.7. The zero-order valence-corrected chi connectivity index (χ0v) is 16.1. The Bertz CT molecular complexity index is 684. The molecule has 0 radical (unpaired) electrons. The van der Waals surface area contributed by atoms with E-state index in [-0.39, 0.29) is 5.54 Å². The van der Waals surface area contributed by atoms with Crippen LogP contribution in [0, 0.1) is 0 Å². The van der Waals surface area contributed by atoms with Gasteiger partial charge < -0.3 is 10.0 Å². The maximum absolute atomic E-state index is 12.1. The van der Waals surface area contributed by atoms with Crippen molar-refractivity contribution in [3.63, 3.8) is 0 Å². The number of carbonyl (C=O) groups is 2. The molecular weight excluding hydrogens is 375 g/mol. The van der Waals surface area contributed by atoms with Crippen molar-refractivity contribution in [2.75, 3.05) is 13.6 Å². The number of rotatable bonds is 3. The fourth-order valence-corrected chi connectivity index (χ4v) is 4.37. The molecule has 1 aromatic heterocycles. The van der Waals surface area contributed by atoms with E-state index in [4.69, 9.17) is 9.90 Å². The Morgan fingerprint density at radius 2 is 2.04 bits per heavy atom. The molecule has 9 heteroatoms. The molecule has 3 rings (SSSR count). The van der Waals surface area contributed by atoms with E-state index in [1.807, 2.05) is 30.3 Å². The predicted octanol–water partition coefficient (Wildman–Crippen LogP) is 3.08. The first-order chi connectivity index (χ1) is 13.1. The average molecular weight is 401 g/mol. The minimum Gasteiger partial charge on any atom is -0.475 e. The lowest BCUT2D eigenvalue weighted by atomic mass is 9.77. The Balaban J connectivity index is 0.000000345. The van der Waals surface area contributed by atoms with Gasteiger partial charge in [0, 0.05) is 32.3 Å². The largest absolute Gasteiger partial charge is 0.490 e. The van der Waals surface area contributed by atoms with Gasteiger partial charge in [-0.2, -0.15) is 13.2 Å². The van der Waals surface area contributed by atoms with Gasteiger partial charge in [-0.05, 0) is 44.4 Å². The van der Waals surface area contributed by atoms with Crippen LogP contribution in [0.2, 0.25) is 0 Å². The summed E-state index contributed by atoms with van der Waals surface area (Å²) in [6, 6.07) is 6.55. The van der Waals surface area contributed by atoms with E-state index in [9.17, 15) is 18.0 Å². The van der Waals surface area contributed by atoms with Gasteiger partial charge in [0.05, 0.1) is 11.2 Å². The summed E-state index contributed by atoms with van der Waals surface area (Å²) in [7, 11) is 2.00. The number of aromatic nitrogens is 1. The Hall–Kier alpha value is -2.16. The first kappa shape index (κ1) is 22.1. The first-order valence-electron chi connectivity index (χ1n) is 9.32. The van der Waals surface area contributed by atoms with Gasteiger partial charge in [0.15, 0.2) is 0 Å². The highest BCUT2D eigenvalue weighted by atomic mass is 19.4. The fourth-order valence-electron chi connectivity index (χ4n) is 4.37. The lowest BCUT2D eigenvalue weighted by molar-refractivity contribution is -0.192. The van der Waals surface area contributed by atoms with Crippen molar-refractivity contribution in [2.24, 2.45) is 0 Å². The summed E-state index contributed by atoms with van der Waals surface area (Å²) in [4.78, 5) is 30.0. The van der Waals surface area contributed by atoms with Crippen LogP contribution in [-0.4, -0.2) is 63.1 Å². The number of carboxylic acid groups (broad SMARTS) is 1. The van der Waals surface area contributed by atoms with E-state index in [1.165, 1.54) is 6.42 Å². The number of halogens is 3. The monoisotopic (exact) mass is 401 g/mol. The number of nitrogens with zero attached hydrogens (tertiary/aromatic N) is 3. The second-order valence-corrected chi connectivity index (χ2v) is 7.18. The number of pyridine rings is 1. The molecule has 1 spiro atoms. The molecular formula is C19H26F3N3O3. The summed E-state index contributed by atoms with van der Waals surface area (Å²) in [6.07, 6.45) is 1.91. The summed E-state index contributed by atoms with van der Waals surface area (Å²) in [6.45, 7) is 4.25. The average Bonchev–Trinajstić information content (AvgIpc) is 2.92. The molecule has 2 fully saturated rings. The topological polar surface area (TPSA) is 73.7 Å². The van der Waals surface area contributed by atoms with Crippen molar-refractivity contribution in [2.45, 2.75) is 63.3 Å². The molecule has 1 N–H and O–H groups in total. The molecule has 0 unspecified atom stereocenters. The van der Waals surface area contributed by atoms with Crippen LogP contribution in [0.5, 0.6) is 0 Å². The molecule has 0 bridgehead atoms. The number of likely N-dealkylation sites (tertiary alicyclic amines) is 2. The Morgan fingerprint density at radius 1 is 1.36 bits per heavy atom. The number of carboxylic acids is 1. The number of amides is 1. The van der Waals surface area contributed by atoms with Crippen molar-refractivity contribution in [1.82, 2.24) is 14.8 Å². The van der Waals surface area contributed by atoms with Crippen molar-refractivity contribution in [3.8, 4) is 0 Å². The highest BCUT2D eigenvalue weighted by molar-refractivity contribution is 5.79. The zero-order valence-electron chi connectivity index (χ0n) is 16.1. The molecule has 0 aliphatic carbocycles. The number of hydrogen-bond acceptors (Lipinski definition) is 4. The molecule has 0 aromatic carbocycles. The van der Waals surface area contributed by atoms with Gasteiger partial charge in [0.1, 0.15) is 0 Å². The first-order valence-corrected chi connectivity index (χ1v) is 9.32. The Kier molecular flexibility index (Phi) is 7.03. The third-order valence-electron chi connectivity index (χ3n) is 5.65. The minimum atomic E-state index is -5.08. The molecule has 2 aliphatic heterocycles. The van der Waals surface area contributed by atoms with E-state index < -0.39 is 12.1 Å². The van der Waals surface area contributed by atoms with E-state index in [0.717, 1.165) is 38.0 Å². The quantitative estimate of drug-likeness (QED) is 0.843. The number of likely N-dealkylation sites (N-methyl/N-ethyl adjacent to an activating group) is 1. The van der Waals surface area contributed by atoms with Crippen LogP contribution >= 0.6 is 0 Å². The third-order valence-corrected chi connectivity index (χ3v) is 5.65. The molecule has 2 saturated heterocycles. The molecule has 6 nitrogen and oxygen atoms in total. The number of alkyl halides is 3. The molecule has 3 heterocycles. The third kappa shape index (κ3) is 4.81. The van der Waals surface area contributed by atoms with Gasteiger partial charge in [-0.1, -0.05) is 13.0 Å². The van der Waals surface area contributed by atoms with Gasteiger partial charge in [-0.3, -0.25) is 14.7 Å². The molecule has 0 saturated carbocycles. The molecule has 1 amide bonds. The van der Waals surface area contributed by atoms with Gasteiger partial charge in [0.25, 0.3) is 0 Å². The summed E-state index contributed by atoms with van der Waals surface area (Å²) in [5.74, 6) is -2.44. The van der Waals surface area contributed by atoms with Crippen LogP contribution in [0.25, 0.3) is 0 Å². The minimum absolute atomic E-state index is 0.0544. The fraction of sp³-hybridized carbons (Fsp3) is 0.632. The van der Waals surface area contributed by atoms with E-state index >= 15 is 0 Å². The van der Waals surface area contributed by atoms with Gasteiger partial charge in [-0.15, -0.1) is 0 Å². The van der Waals surface area contributed by atoms with Crippen molar-refractivity contribution >= 4 is 11.9 Å². The van der Waals surface area contributed by atoms with Crippen molar-refractivity contribution in [3.05, 3.63) is 30.1 Å². The second-order valence-electron chi connectivity index (χ2n) is 7.18. The molecule has 28 heavy (non-hydrogen) atoms. The second kappa shape index (κ2) is 8.89. The van der Waals surface area contributed by atoms with Crippen LogP contribution < -0.4 is 0 Å². The highest BCUT2D eigenvalue weighted by Crippen LogP contribution is 2.42. The lowest BCUT2D eigenvalue weighted by Crippen LogP contribution is -2.61. The van der Waals surface area contributed by atoms with E-state index in [2.05, 4.69) is 22.9 Å². The molecule has 1 aromatic rings. The molecule has 2 aliphatic rings. The van der Waals surface area contributed by atoms with Crippen LogP contribution in [0.1, 0.15) is 44.7 Å². The smallest absolute Gasteiger partial charge is 0.475 e. The zero-order chi connectivity index (χ0) is 20.9. The summed E-state index contributed by atoms with van der Waals surface area (Å²) >= 11 is 0. The highest BCUT2D eigenvalue weighted by Gasteiger charge is 2.51. The SMILES string of the molecule is CC[C@@H]1N(Cc2ccccn2)CCC[C@]12CCC(=O)N2C.O=C(O)C(F)(F)F. The van der Waals surface area contributed by atoms with Crippen LogP contribution in [0.4, 0.5) is 13.2 Å². The number of aliphatic carboxylic acids is 1. The maximum Gasteiger partial charge on any atom is 0.490 e. The van der Waals surface area contributed by atoms with Crippen molar-refractivity contribution < 1.29 is 27.9 Å². The Labute approximate surface area is 162 Å². The van der Waals surface area contributed by atoms with Gasteiger partial charge >= 0.3 is 12.1 Å². The standard InChI is InChI=1S/C17H25N3O.C2HF3O2/c1-3-15-17(10-8-16(21)19(17)2)9-6-12-20(15)13-14-7-4-5-11-18-14;3-2(4,5)1(6)7/h4-5,7,11,15H,3,6,8-10,12-13H2,1-2H3;(H,6,7)/t15-,17-;/m0./s1. The molecule has 2 atom stereocenters. The Morgan fingerprint density at radius 3 is 2.50 bits per heavy atom. The lowest BCUT2D eigenvalue weighted by Gasteiger charge is -2.51. The molecule has 156 valence electrons. The van der Waals surface area contributed by atoms with Crippen LogP contribution in [-0.2, 0) is 16.1 Å². The van der Waals surface area contributed by atoms with Crippen LogP contribution in [0.3, 0.4) is 0 Å². The number of carbonyl (C=O) groups excluding carboxylic acids is 1. The van der Waals surface area contributed by atoms with Gasteiger partial charge in [0.2, 0.25) is 5.91 Å². The maximum atomic E-state index is 12.1. The number of piperidine rings is 1. The predicted molar refractivity (Wildman–Crippen MR) is 96.4 cm³/mol. The van der Waals surface area contributed by atoms with Crippen LogP contribution in [0.15, 0.2) is 24.4 Å². The number of hydrogen-bond donors (Lipinski definition) is 1. The summed E-state index contributed by atoms with van der Waals surface area (Å²) in [5, 5.41) is 7.12. The van der Waals surface area contributed by atoms with E-state index in [1.54, 1.807) is 0 Å². The van der Waals surface area contributed by atoms with E-state index in [0.29, 0.717) is 18.4 Å². The van der Waals surface area contributed by atoms with Crippen molar-refractivity contribution in [1.29, 1.82) is 0 Å². The van der Waals surface area contributed by atoms with Gasteiger partial charge in [-0.25, -0.2) is 4.79 Å². The summed E-state index contributed by atoms with van der Waals surface area (Å²) in [5.41, 5.74) is 1.18. The normalized spacial score (nSPS) is 25.5.